The Balaban J connectivity index is 2.79. The highest BCUT2D eigenvalue weighted by Crippen LogP contribution is 2.20. The van der Waals surface area contributed by atoms with E-state index in [1.807, 2.05) is 20.8 Å². The molecule has 0 aliphatic carbocycles. The van der Waals surface area contributed by atoms with Crippen LogP contribution >= 0.6 is 0 Å². The molecule has 0 aliphatic rings. The standard InChI is InChI=1S/C13H18F2N2O/c1-13(2,3)11(12(16)18)17-7-8-6-9(14)4-5-10(8)15/h4-6,11,17H,7H2,1-3H3,(H2,16,18). The summed E-state index contributed by atoms with van der Waals surface area (Å²) >= 11 is 0. The molecule has 0 aliphatic heterocycles. The van der Waals surface area contributed by atoms with Crippen LogP contribution in [0.1, 0.15) is 26.3 Å². The number of benzene rings is 1. The molecule has 1 amide bonds. The normalized spacial score (nSPS) is 13.4. The maximum Gasteiger partial charge on any atom is 0.235 e. The van der Waals surface area contributed by atoms with Gasteiger partial charge in [-0.15, -0.1) is 0 Å². The van der Waals surface area contributed by atoms with E-state index in [9.17, 15) is 13.6 Å². The Morgan fingerprint density at radius 2 is 2.00 bits per heavy atom. The summed E-state index contributed by atoms with van der Waals surface area (Å²) < 4.78 is 26.4. The van der Waals surface area contributed by atoms with Crippen LogP contribution in [0.15, 0.2) is 18.2 Å². The van der Waals surface area contributed by atoms with Crippen molar-refractivity contribution in [1.82, 2.24) is 5.32 Å². The molecule has 3 nitrogen and oxygen atoms in total. The maximum absolute atomic E-state index is 13.4. The van der Waals surface area contributed by atoms with E-state index in [2.05, 4.69) is 5.32 Å². The van der Waals surface area contributed by atoms with Crippen molar-refractivity contribution in [2.45, 2.75) is 33.4 Å². The first-order valence-corrected chi connectivity index (χ1v) is 5.68. The molecule has 0 aromatic heterocycles. The zero-order chi connectivity index (χ0) is 13.9. The maximum atomic E-state index is 13.4. The quantitative estimate of drug-likeness (QED) is 0.865. The highest BCUT2D eigenvalue weighted by atomic mass is 19.1. The second kappa shape index (κ2) is 5.44. The lowest BCUT2D eigenvalue weighted by Crippen LogP contribution is -2.49. The van der Waals surface area contributed by atoms with E-state index in [0.717, 1.165) is 18.2 Å². The molecule has 0 saturated heterocycles. The average molecular weight is 256 g/mol. The summed E-state index contributed by atoms with van der Waals surface area (Å²) in [4.78, 5) is 11.3. The molecule has 0 heterocycles. The van der Waals surface area contributed by atoms with Crippen LogP contribution in [0.4, 0.5) is 8.78 Å². The molecule has 3 N–H and O–H groups in total. The molecule has 1 rings (SSSR count). The highest BCUT2D eigenvalue weighted by molar-refractivity contribution is 5.80. The molecule has 0 radical (unpaired) electrons. The molecule has 0 saturated carbocycles. The number of hydrogen-bond donors (Lipinski definition) is 2. The number of carbonyl (C=O) groups excluding carboxylic acids is 1. The number of nitrogens with two attached hydrogens (primary N) is 1. The second-order valence-electron chi connectivity index (χ2n) is 5.32. The van der Waals surface area contributed by atoms with Gasteiger partial charge in [0.1, 0.15) is 11.6 Å². The predicted molar refractivity (Wildman–Crippen MR) is 65.6 cm³/mol. The van der Waals surface area contributed by atoms with Crippen LogP contribution in [0.5, 0.6) is 0 Å². The Hall–Kier alpha value is -1.49. The van der Waals surface area contributed by atoms with E-state index in [1.165, 1.54) is 0 Å². The van der Waals surface area contributed by atoms with Crippen LogP contribution in [0.2, 0.25) is 0 Å². The highest BCUT2D eigenvalue weighted by Gasteiger charge is 2.29. The van der Waals surface area contributed by atoms with Crippen LogP contribution in [-0.2, 0) is 11.3 Å². The van der Waals surface area contributed by atoms with Crippen LogP contribution < -0.4 is 11.1 Å². The number of nitrogens with one attached hydrogen (secondary N) is 1. The Kier molecular flexibility index (Phi) is 4.40. The van der Waals surface area contributed by atoms with Gasteiger partial charge in [-0.3, -0.25) is 4.79 Å². The van der Waals surface area contributed by atoms with Gasteiger partial charge in [0.05, 0.1) is 6.04 Å². The average Bonchev–Trinajstić information content (AvgIpc) is 2.20. The van der Waals surface area contributed by atoms with Crippen molar-refractivity contribution in [3.05, 3.63) is 35.4 Å². The van der Waals surface area contributed by atoms with Crippen LogP contribution in [0.25, 0.3) is 0 Å². The molecule has 100 valence electrons. The first kappa shape index (κ1) is 14.6. The lowest BCUT2D eigenvalue weighted by molar-refractivity contribution is -0.122. The summed E-state index contributed by atoms with van der Waals surface area (Å²) in [7, 11) is 0. The van der Waals surface area contributed by atoms with Gasteiger partial charge in [-0.1, -0.05) is 20.8 Å². The van der Waals surface area contributed by atoms with Gasteiger partial charge in [0.25, 0.3) is 0 Å². The van der Waals surface area contributed by atoms with Crippen molar-refractivity contribution in [1.29, 1.82) is 0 Å². The molecule has 0 spiro atoms. The number of primary amides is 1. The van der Waals surface area contributed by atoms with Gasteiger partial charge in [0.15, 0.2) is 0 Å². The SMILES string of the molecule is CC(C)(C)C(NCc1cc(F)ccc1F)C(N)=O. The molecule has 1 aromatic rings. The van der Waals surface area contributed by atoms with E-state index in [1.54, 1.807) is 0 Å². The monoisotopic (exact) mass is 256 g/mol. The second-order valence-corrected chi connectivity index (χ2v) is 5.32. The van der Waals surface area contributed by atoms with Crippen LogP contribution in [0, 0.1) is 17.0 Å². The lowest BCUT2D eigenvalue weighted by Gasteiger charge is -2.29. The Morgan fingerprint density at radius 3 is 2.50 bits per heavy atom. The fourth-order valence-corrected chi connectivity index (χ4v) is 1.72. The minimum absolute atomic E-state index is 0.0501. The Bertz CT molecular complexity index is 441. The largest absolute Gasteiger partial charge is 0.368 e. The number of halogens is 2. The van der Waals surface area contributed by atoms with Gasteiger partial charge >= 0.3 is 0 Å². The first-order chi connectivity index (χ1) is 8.21. The number of amides is 1. The van der Waals surface area contributed by atoms with E-state index < -0.39 is 29.0 Å². The molecule has 18 heavy (non-hydrogen) atoms. The minimum Gasteiger partial charge on any atom is -0.368 e. The molecular formula is C13H18F2N2O. The van der Waals surface area contributed by atoms with Crippen molar-refractivity contribution < 1.29 is 13.6 Å². The van der Waals surface area contributed by atoms with Gasteiger partial charge in [-0.2, -0.15) is 0 Å². The van der Waals surface area contributed by atoms with Gasteiger partial charge in [0, 0.05) is 12.1 Å². The predicted octanol–water partition coefficient (Wildman–Crippen LogP) is 1.95. The van der Waals surface area contributed by atoms with Crippen LogP contribution in [-0.4, -0.2) is 11.9 Å². The Labute approximate surface area is 105 Å². The van der Waals surface area contributed by atoms with Crippen molar-refractivity contribution in [2.24, 2.45) is 11.1 Å². The minimum atomic E-state index is -0.611. The van der Waals surface area contributed by atoms with Crippen molar-refractivity contribution in [3.63, 3.8) is 0 Å². The molecule has 1 aromatic carbocycles. The Morgan fingerprint density at radius 1 is 1.39 bits per heavy atom. The topological polar surface area (TPSA) is 55.1 Å². The van der Waals surface area contributed by atoms with E-state index in [4.69, 9.17) is 5.73 Å². The zero-order valence-electron chi connectivity index (χ0n) is 10.8. The number of carbonyl (C=O) groups is 1. The van der Waals surface area contributed by atoms with Crippen molar-refractivity contribution in [3.8, 4) is 0 Å². The third-order valence-electron chi connectivity index (χ3n) is 2.65. The first-order valence-electron chi connectivity index (χ1n) is 5.68. The summed E-state index contributed by atoms with van der Waals surface area (Å²) in [6, 6.07) is 2.60. The lowest BCUT2D eigenvalue weighted by atomic mass is 9.86. The van der Waals surface area contributed by atoms with E-state index in [0.29, 0.717) is 0 Å². The van der Waals surface area contributed by atoms with Crippen LogP contribution in [0.3, 0.4) is 0 Å². The summed E-state index contributed by atoms with van der Waals surface area (Å²) in [5, 5.41) is 2.86. The zero-order valence-corrected chi connectivity index (χ0v) is 10.8. The fraction of sp³-hybridized carbons (Fsp3) is 0.462. The smallest absolute Gasteiger partial charge is 0.235 e. The summed E-state index contributed by atoms with van der Waals surface area (Å²) in [6.07, 6.45) is 0. The van der Waals surface area contributed by atoms with Gasteiger partial charge in [-0.05, 0) is 23.6 Å². The molecular weight excluding hydrogens is 238 g/mol. The van der Waals surface area contributed by atoms with Gasteiger partial charge in [0.2, 0.25) is 5.91 Å². The number of rotatable bonds is 4. The van der Waals surface area contributed by atoms with Gasteiger partial charge in [-0.25, -0.2) is 8.78 Å². The van der Waals surface area contributed by atoms with Gasteiger partial charge < -0.3 is 11.1 Å². The molecule has 1 unspecified atom stereocenters. The third-order valence-corrected chi connectivity index (χ3v) is 2.65. The summed E-state index contributed by atoms with van der Waals surface area (Å²) in [6.45, 7) is 5.58. The molecule has 1 atom stereocenters. The molecule has 0 fully saturated rings. The van der Waals surface area contributed by atoms with Crippen molar-refractivity contribution >= 4 is 5.91 Å². The molecule has 0 bridgehead atoms. The van der Waals surface area contributed by atoms with Crippen molar-refractivity contribution in [2.75, 3.05) is 0 Å². The summed E-state index contributed by atoms with van der Waals surface area (Å²) in [5.41, 5.74) is 5.06. The fourth-order valence-electron chi connectivity index (χ4n) is 1.72. The molecule has 5 heteroatoms. The third kappa shape index (κ3) is 3.77. The van der Waals surface area contributed by atoms with E-state index in [-0.39, 0.29) is 12.1 Å². The number of hydrogen-bond acceptors (Lipinski definition) is 2. The van der Waals surface area contributed by atoms with E-state index >= 15 is 0 Å². The summed E-state index contributed by atoms with van der Waals surface area (Å²) in [5.74, 6) is -1.54.